The highest BCUT2D eigenvalue weighted by molar-refractivity contribution is 5.72. The van der Waals surface area contributed by atoms with Gasteiger partial charge in [-0.1, -0.05) is 25.5 Å². The highest BCUT2D eigenvalue weighted by Gasteiger charge is 2.11. The van der Waals surface area contributed by atoms with Crippen molar-refractivity contribution in [1.82, 2.24) is 0 Å². The van der Waals surface area contributed by atoms with Gasteiger partial charge >= 0.3 is 5.97 Å². The Morgan fingerprint density at radius 1 is 1.40 bits per heavy atom. The predicted octanol–water partition coefficient (Wildman–Crippen LogP) is 2.49. The smallest absolute Gasteiger partial charge is 0.344 e. The van der Waals surface area contributed by atoms with Gasteiger partial charge in [-0.25, -0.2) is 4.79 Å². The molecule has 82 valence electrons. The molecule has 0 aliphatic heterocycles. The summed E-state index contributed by atoms with van der Waals surface area (Å²) >= 11 is 0. The molecule has 0 heterocycles. The number of aryl methyl sites for hydroxylation is 1. The van der Waals surface area contributed by atoms with E-state index < -0.39 is 12.1 Å². The number of carbonyl (C=O) groups is 1. The van der Waals surface area contributed by atoms with Crippen molar-refractivity contribution < 1.29 is 14.6 Å². The molecule has 1 rings (SSSR count). The van der Waals surface area contributed by atoms with Crippen LogP contribution in [0, 0.1) is 0 Å². The summed E-state index contributed by atoms with van der Waals surface area (Å²) in [4.78, 5) is 10.5. The zero-order chi connectivity index (χ0) is 11.3. The molecular weight excluding hydrogens is 192 g/mol. The Morgan fingerprint density at radius 2 is 2.00 bits per heavy atom. The first-order valence-electron chi connectivity index (χ1n) is 5.12. The molecule has 3 nitrogen and oxygen atoms in total. The zero-order valence-corrected chi connectivity index (χ0v) is 9.06. The molecule has 0 amide bonds. The van der Waals surface area contributed by atoms with Crippen LogP contribution in [0.3, 0.4) is 0 Å². The number of ether oxygens (including phenoxy) is 1. The molecule has 1 aromatic rings. The molecular formula is C12H16O3. The van der Waals surface area contributed by atoms with E-state index in [1.54, 1.807) is 0 Å². The lowest BCUT2D eigenvalue weighted by molar-refractivity contribution is -0.144. The van der Waals surface area contributed by atoms with Gasteiger partial charge < -0.3 is 9.84 Å². The second kappa shape index (κ2) is 5.39. The van der Waals surface area contributed by atoms with Gasteiger partial charge in [0, 0.05) is 0 Å². The van der Waals surface area contributed by atoms with Gasteiger partial charge in [-0.3, -0.25) is 0 Å². The Kier molecular flexibility index (Phi) is 4.16. The van der Waals surface area contributed by atoms with Gasteiger partial charge in [0.15, 0.2) is 6.10 Å². The summed E-state index contributed by atoms with van der Waals surface area (Å²) in [6, 6.07) is 7.55. The van der Waals surface area contributed by atoms with Crippen LogP contribution in [-0.2, 0) is 11.2 Å². The van der Waals surface area contributed by atoms with Crippen molar-refractivity contribution >= 4 is 5.97 Å². The van der Waals surface area contributed by atoms with E-state index in [0.29, 0.717) is 5.75 Å². The van der Waals surface area contributed by atoms with Crippen LogP contribution in [0.2, 0.25) is 0 Å². The highest BCUT2D eigenvalue weighted by Crippen LogP contribution is 2.14. The summed E-state index contributed by atoms with van der Waals surface area (Å²) in [5.74, 6) is -0.350. The van der Waals surface area contributed by atoms with Gasteiger partial charge in [0.25, 0.3) is 0 Å². The Labute approximate surface area is 89.7 Å². The molecule has 0 saturated carbocycles. The van der Waals surface area contributed by atoms with Crippen LogP contribution in [0.25, 0.3) is 0 Å². The molecule has 0 bridgehead atoms. The third-order valence-corrected chi connectivity index (χ3v) is 2.12. The Bertz CT molecular complexity index is 316. The van der Waals surface area contributed by atoms with Crippen molar-refractivity contribution in [2.24, 2.45) is 0 Å². The van der Waals surface area contributed by atoms with E-state index >= 15 is 0 Å². The number of hydrogen-bond donors (Lipinski definition) is 1. The predicted molar refractivity (Wildman–Crippen MR) is 58.2 cm³/mol. The van der Waals surface area contributed by atoms with Crippen LogP contribution in [-0.4, -0.2) is 17.2 Å². The van der Waals surface area contributed by atoms with E-state index in [4.69, 9.17) is 9.84 Å². The molecule has 0 fully saturated rings. The Hall–Kier alpha value is -1.51. The van der Waals surface area contributed by atoms with Crippen LogP contribution in [0.15, 0.2) is 24.3 Å². The molecule has 0 spiro atoms. The number of aliphatic carboxylic acids is 1. The summed E-state index contributed by atoms with van der Waals surface area (Å²) in [7, 11) is 0. The quantitative estimate of drug-likeness (QED) is 0.808. The van der Waals surface area contributed by atoms with Crippen LogP contribution < -0.4 is 4.74 Å². The standard InChI is InChI=1S/C12H16O3/c1-3-4-10-5-7-11(8-6-10)15-9(2)12(13)14/h5-9H,3-4H2,1-2H3,(H,13,14)/t9-/m0/s1. The van der Waals surface area contributed by atoms with E-state index in [1.165, 1.54) is 12.5 Å². The van der Waals surface area contributed by atoms with Crippen molar-refractivity contribution in [1.29, 1.82) is 0 Å². The molecule has 0 aromatic heterocycles. The Balaban J connectivity index is 2.60. The van der Waals surface area contributed by atoms with Crippen LogP contribution in [0.1, 0.15) is 25.8 Å². The number of rotatable bonds is 5. The molecule has 1 atom stereocenters. The molecule has 1 N–H and O–H groups in total. The summed E-state index contributed by atoms with van der Waals surface area (Å²) in [5.41, 5.74) is 1.24. The van der Waals surface area contributed by atoms with Gasteiger partial charge in [-0.2, -0.15) is 0 Å². The van der Waals surface area contributed by atoms with Gasteiger partial charge in [0.1, 0.15) is 5.75 Å². The second-order valence-corrected chi connectivity index (χ2v) is 3.49. The fourth-order valence-electron chi connectivity index (χ4n) is 1.28. The number of hydrogen-bond acceptors (Lipinski definition) is 2. The third kappa shape index (κ3) is 3.62. The van der Waals surface area contributed by atoms with E-state index in [0.717, 1.165) is 12.8 Å². The molecule has 0 unspecified atom stereocenters. The normalized spacial score (nSPS) is 12.1. The van der Waals surface area contributed by atoms with Crippen molar-refractivity contribution in [2.45, 2.75) is 32.8 Å². The first kappa shape index (κ1) is 11.6. The molecule has 15 heavy (non-hydrogen) atoms. The lowest BCUT2D eigenvalue weighted by Crippen LogP contribution is -2.22. The maximum absolute atomic E-state index is 10.5. The summed E-state index contributed by atoms with van der Waals surface area (Å²) in [6.07, 6.45) is 1.34. The molecule has 0 aliphatic rings. The van der Waals surface area contributed by atoms with Crippen molar-refractivity contribution in [2.75, 3.05) is 0 Å². The van der Waals surface area contributed by atoms with Gasteiger partial charge in [0.2, 0.25) is 0 Å². The molecule has 1 aromatic carbocycles. The van der Waals surface area contributed by atoms with Crippen molar-refractivity contribution in [3.8, 4) is 5.75 Å². The summed E-state index contributed by atoms with van der Waals surface area (Å²) in [6.45, 7) is 3.64. The molecule has 0 aliphatic carbocycles. The van der Waals surface area contributed by atoms with Gasteiger partial charge in [-0.05, 0) is 31.0 Å². The van der Waals surface area contributed by atoms with E-state index in [1.807, 2.05) is 24.3 Å². The number of carboxylic acids is 1. The average molecular weight is 208 g/mol. The SMILES string of the molecule is CCCc1ccc(O[C@@H](C)C(=O)O)cc1. The maximum atomic E-state index is 10.5. The first-order chi connectivity index (χ1) is 7.13. The Morgan fingerprint density at radius 3 is 2.47 bits per heavy atom. The van der Waals surface area contributed by atoms with Crippen LogP contribution in [0.4, 0.5) is 0 Å². The first-order valence-corrected chi connectivity index (χ1v) is 5.12. The van der Waals surface area contributed by atoms with Gasteiger partial charge in [-0.15, -0.1) is 0 Å². The minimum absolute atomic E-state index is 0.602. The second-order valence-electron chi connectivity index (χ2n) is 3.49. The minimum atomic E-state index is -0.951. The van der Waals surface area contributed by atoms with Crippen molar-refractivity contribution in [3.05, 3.63) is 29.8 Å². The average Bonchev–Trinajstić information content (AvgIpc) is 2.21. The fraction of sp³-hybridized carbons (Fsp3) is 0.417. The topological polar surface area (TPSA) is 46.5 Å². The number of carboxylic acid groups (broad SMARTS) is 1. The van der Waals surface area contributed by atoms with Crippen LogP contribution in [0.5, 0.6) is 5.75 Å². The number of benzene rings is 1. The molecule has 3 heteroatoms. The lowest BCUT2D eigenvalue weighted by atomic mass is 10.1. The van der Waals surface area contributed by atoms with Gasteiger partial charge in [0.05, 0.1) is 0 Å². The summed E-state index contributed by atoms with van der Waals surface area (Å²) < 4.78 is 5.21. The third-order valence-electron chi connectivity index (χ3n) is 2.12. The summed E-state index contributed by atoms with van der Waals surface area (Å²) in [5, 5.41) is 8.66. The monoisotopic (exact) mass is 208 g/mol. The lowest BCUT2D eigenvalue weighted by Gasteiger charge is -2.10. The minimum Gasteiger partial charge on any atom is -0.479 e. The van der Waals surface area contributed by atoms with E-state index in [9.17, 15) is 4.79 Å². The highest BCUT2D eigenvalue weighted by atomic mass is 16.5. The van der Waals surface area contributed by atoms with Crippen molar-refractivity contribution in [3.63, 3.8) is 0 Å². The van der Waals surface area contributed by atoms with Crippen LogP contribution >= 0.6 is 0 Å². The largest absolute Gasteiger partial charge is 0.479 e. The zero-order valence-electron chi connectivity index (χ0n) is 9.06. The molecule has 0 saturated heterocycles. The van der Waals surface area contributed by atoms with E-state index in [-0.39, 0.29) is 0 Å². The van der Waals surface area contributed by atoms with E-state index in [2.05, 4.69) is 6.92 Å². The maximum Gasteiger partial charge on any atom is 0.344 e. The molecule has 0 radical (unpaired) electrons. The fourth-order valence-corrected chi connectivity index (χ4v) is 1.28.